The lowest BCUT2D eigenvalue weighted by Crippen LogP contribution is -2.21. The summed E-state index contributed by atoms with van der Waals surface area (Å²) in [5.74, 6) is 1.24. The maximum atomic E-state index is 12.2. The molecular formula is C14H17NO2. The molecule has 0 saturated carbocycles. The Labute approximate surface area is 101 Å². The van der Waals surface area contributed by atoms with Crippen LogP contribution in [0.15, 0.2) is 35.3 Å². The summed E-state index contributed by atoms with van der Waals surface area (Å²) in [5, 5.41) is 1.67. The van der Waals surface area contributed by atoms with Gasteiger partial charge in [-0.25, -0.2) is 0 Å². The molecule has 1 aromatic carbocycles. The van der Waals surface area contributed by atoms with Gasteiger partial charge in [0.25, 0.3) is 5.56 Å². The van der Waals surface area contributed by atoms with Crippen molar-refractivity contribution in [2.24, 2.45) is 5.92 Å². The lowest BCUT2D eigenvalue weighted by molar-refractivity contribution is 0.415. The molecule has 0 aliphatic rings. The first-order chi connectivity index (χ1) is 8.11. The Morgan fingerprint density at radius 1 is 1.29 bits per heavy atom. The quantitative estimate of drug-likeness (QED) is 0.813. The molecule has 0 atom stereocenters. The number of aromatic nitrogens is 1. The van der Waals surface area contributed by atoms with Crippen molar-refractivity contribution in [1.82, 2.24) is 4.57 Å². The summed E-state index contributed by atoms with van der Waals surface area (Å²) in [5.41, 5.74) is 0.0684. The molecular weight excluding hydrogens is 214 g/mol. The summed E-state index contributed by atoms with van der Waals surface area (Å²) in [6.07, 6.45) is 1.85. The van der Waals surface area contributed by atoms with E-state index in [-0.39, 0.29) is 5.56 Å². The van der Waals surface area contributed by atoms with Crippen molar-refractivity contribution in [2.75, 3.05) is 7.11 Å². The molecule has 17 heavy (non-hydrogen) atoms. The van der Waals surface area contributed by atoms with Crippen LogP contribution in [0.2, 0.25) is 0 Å². The fraction of sp³-hybridized carbons (Fsp3) is 0.357. The molecule has 90 valence electrons. The molecule has 0 aliphatic carbocycles. The van der Waals surface area contributed by atoms with Crippen LogP contribution in [0.4, 0.5) is 0 Å². The number of nitrogens with zero attached hydrogens (tertiary/aromatic N) is 1. The minimum atomic E-state index is 0.0684. The highest BCUT2D eigenvalue weighted by molar-refractivity contribution is 5.82. The third kappa shape index (κ3) is 2.33. The number of benzene rings is 1. The zero-order valence-electron chi connectivity index (χ0n) is 10.4. The van der Waals surface area contributed by atoms with Crippen LogP contribution in [0.1, 0.15) is 13.8 Å². The van der Waals surface area contributed by atoms with Crippen LogP contribution in [-0.4, -0.2) is 11.7 Å². The van der Waals surface area contributed by atoms with E-state index in [4.69, 9.17) is 4.74 Å². The van der Waals surface area contributed by atoms with Crippen molar-refractivity contribution < 1.29 is 4.74 Å². The fourth-order valence-corrected chi connectivity index (χ4v) is 1.93. The van der Waals surface area contributed by atoms with E-state index in [0.717, 1.165) is 23.1 Å². The second-order valence-electron chi connectivity index (χ2n) is 4.62. The van der Waals surface area contributed by atoms with Crippen LogP contribution in [0.5, 0.6) is 5.75 Å². The number of pyridine rings is 1. The van der Waals surface area contributed by atoms with Gasteiger partial charge in [-0.1, -0.05) is 13.8 Å². The summed E-state index contributed by atoms with van der Waals surface area (Å²) in [4.78, 5) is 12.2. The molecule has 2 rings (SSSR count). The van der Waals surface area contributed by atoms with Crippen molar-refractivity contribution in [3.63, 3.8) is 0 Å². The average Bonchev–Trinajstić information content (AvgIpc) is 2.32. The molecule has 0 fully saturated rings. The van der Waals surface area contributed by atoms with E-state index >= 15 is 0 Å². The van der Waals surface area contributed by atoms with Gasteiger partial charge in [0, 0.05) is 18.1 Å². The monoisotopic (exact) mass is 231 g/mol. The van der Waals surface area contributed by atoms with Crippen molar-refractivity contribution in [3.8, 4) is 5.75 Å². The predicted octanol–water partition coefficient (Wildman–Crippen LogP) is 2.67. The van der Waals surface area contributed by atoms with Gasteiger partial charge in [-0.15, -0.1) is 0 Å². The third-order valence-electron chi connectivity index (χ3n) is 2.75. The summed E-state index contributed by atoms with van der Waals surface area (Å²) >= 11 is 0. The van der Waals surface area contributed by atoms with Gasteiger partial charge in [0.15, 0.2) is 0 Å². The molecule has 0 saturated heterocycles. The number of hydrogen-bond acceptors (Lipinski definition) is 2. The average molecular weight is 231 g/mol. The Kier molecular flexibility index (Phi) is 3.18. The van der Waals surface area contributed by atoms with Gasteiger partial charge in [0.05, 0.1) is 7.11 Å². The van der Waals surface area contributed by atoms with E-state index in [0.29, 0.717) is 5.92 Å². The molecule has 3 nitrogen and oxygen atoms in total. The zero-order valence-corrected chi connectivity index (χ0v) is 10.4. The molecule has 0 N–H and O–H groups in total. The lowest BCUT2D eigenvalue weighted by atomic mass is 10.1. The van der Waals surface area contributed by atoms with Gasteiger partial charge >= 0.3 is 0 Å². The molecule has 0 spiro atoms. The SMILES string of the molecule is COc1ccc2c(=O)n(CC(C)C)ccc2c1. The van der Waals surface area contributed by atoms with E-state index in [2.05, 4.69) is 13.8 Å². The van der Waals surface area contributed by atoms with Gasteiger partial charge in [0.1, 0.15) is 5.75 Å². The van der Waals surface area contributed by atoms with Crippen molar-refractivity contribution >= 4 is 10.8 Å². The van der Waals surface area contributed by atoms with Crippen molar-refractivity contribution in [2.45, 2.75) is 20.4 Å². The first-order valence-electron chi connectivity index (χ1n) is 5.79. The Morgan fingerprint density at radius 2 is 2.06 bits per heavy atom. The Morgan fingerprint density at radius 3 is 2.71 bits per heavy atom. The number of ether oxygens (including phenoxy) is 1. The van der Waals surface area contributed by atoms with Gasteiger partial charge in [-0.2, -0.15) is 0 Å². The normalized spacial score (nSPS) is 11.1. The van der Waals surface area contributed by atoms with E-state index in [1.807, 2.05) is 30.5 Å². The second-order valence-corrected chi connectivity index (χ2v) is 4.62. The minimum Gasteiger partial charge on any atom is -0.497 e. The summed E-state index contributed by atoms with van der Waals surface area (Å²) in [6, 6.07) is 7.49. The van der Waals surface area contributed by atoms with E-state index in [1.165, 1.54) is 0 Å². The van der Waals surface area contributed by atoms with E-state index in [9.17, 15) is 4.79 Å². The predicted molar refractivity (Wildman–Crippen MR) is 69.6 cm³/mol. The second kappa shape index (κ2) is 4.62. The summed E-state index contributed by atoms with van der Waals surface area (Å²) in [6.45, 7) is 4.95. The number of rotatable bonds is 3. The largest absolute Gasteiger partial charge is 0.497 e. The van der Waals surface area contributed by atoms with Crippen LogP contribution < -0.4 is 10.3 Å². The Balaban J connectivity index is 2.57. The standard InChI is InChI=1S/C14H17NO2/c1-10(2)9-15-7-6-11-8-12(17-3)4-5-13(11)14(15)16/h4-8,10H,9H2,1-3H3. The van der Waals surface area contributed by atoms with E-state index in [1.54, 1.807) is 11.7 Å². The number of fused-ring (bicyclic) bond motifs is 1. The Hall–Kier alpha value is -1.77. The molecule has 0 bridgehead atoms. The molecule has 0 aliphatic heterocycles. The number of methoxy groups -OCH3 is 1. The van der Waals surface area contributed by atoms with Crippen LogP contribution in [0.25, 0.3) is 10.8 Å². The van der Waals surface area contributed by atoms with Crippen LogP contribution in [0.3, 0.4) is 0 Å². The van der Waals surface area contributed by atoms with Gasteiger partial charge in [-0.05, 0) is 35.6 Å². The maximum absolute atomic E-state index is 12.2. The molecule has 1 aromatic heterocycles. The summed E-state index contributed by atoms with van der Waals surface area (Å²) in [7, 11) is 1.63. The molecule has 0 amide bonds. The van der Waals surface area contributed by atoms with Gasteiger partial charge < -0.3 is 9.30 Å². The molecule has 2 aromatic rings. The first-order valence-corrected chi connectivity index (χ1v) is 5.79. The zero-order chi connectivity index (χ0) is 12.4. The molecule has 0 radical (unpaired) electrons. The van der Waals surface area contributed by atoms with Crippen molar-refractivity contribution in [3.05, 3.63) is 40.8 Å². The van der Waals surface area contributed by atoms with Crippen LogP contribution >= 0.6 is 0 Å². The Bertz CT molecular complexity index is 584. The fourth-order valence-electron chi connectivity index (χ4n) is 1.93. The lowest BCUT2D eigenvalue weighted by Gasteiger charge is -2.10. The molecule has 0 unspecified atom stereocenters. The minimum absolute atomic E-state index is 0.0684. The third-order valence-corrected chi connectivity index (χ3v) is 2.75. The highest BCUT2D eigenvalue weighted by atomic mass is 16.5. The van der Waals surface area contributed by atoms with Gasteiger partial charge in [0.2, 0.25) is 0 Å². The highest BCUT2D eigenvalue weighted by Gasteiger charge is 2.05. The maximum Gasteiger partial charge on any atom is 0.258 e. The first kappa shape index (κ1) is 11.7. The highest BCUT2D eigenvalue weighted by Crippen LogP contribution is 2.17. The van der Waals surface area contributed by atoms with Crippen molar-refractivity contribution in [1.29, 1.82) is 0 Å². The number of hydrogen-bond donors (Lipinski definition) is 0. The smallest absolute Gasteiger partial charge is 0.258 e. The van der Waals surface area contributed by atoms with E-state index < -0.39 is 0 Å². The molecule has 3 heteroatoms. The van der Waals surface area contributed by atoms with Crippen LogP contribution in [-0.2, 0) is 6.54 Å². The summed E-state index contributed by atoms with van der Waals surface area (Å²) < 4.78 is 6.91. The molecule has 1 heterocycles. The van der Waals surface area contributed by atoms with Gasteiger partial charge in [-0.3, -0.25) is 4.79 Å². The van der Waals surface area contributed by atoms with Crippen LogP contribution in [0, 0.1) is 5.92 Å². The topological polar surface area (TPSA) is 31.2 Å².